The third-order valence-electron chi connectivity index (χ3n) is 8.53. The molecule has 9 heteroatoms. The van der Waals surface area contributed by atoms with Gasteiger partial charge >= 0.3 is 12.1 Å². The monoisotopic (exact) mass is 543 g/mol. The van der Waals surface area contributed by atoms with Crippen LogP contribution in [0.2, 0.25) is 0 Å². The van der Waals surface area contributed by atoms with Gasteiger partial charge in [-0.2, -0.15) is 13.2 Å². The lowest BCUT2D eigenvalue weighted by atomic mass is 9.82. The van der Waals surface area contributed by atoms with E-state index < -0.39 is 23.3 Å². The Kier molecular flexibility index (Phi) is 7.64. The summed E-state index contributed by atoms with van der Waals surface area (Å²) in [5.41, 5.74) is 1.11. The summed E-state index contributed by atoms with van der Waals surface area (Å²) < 4.78 is 45.4. The second-order valence-electron chi connectivity index (χ2n) is 11.1. The summed E-state index contributed by atoms with van der Waals surface area (Å²) in [6.45, 7) is 7.85. The van der Waals surface area contributed by atoms with Gasteiger partial charge in [0.05, 0.1) is 11.1 Å². The van der Waals surface area contributed by atoms with Crippen LogP contribution in [0.3, 0.4) is 0 Å². The summed E-state index contributed by atoms with van der Waals surface area (Å²) in [6.07, 6.45) is 5.67. The summed E-state index contributed by atoms with van der Waals surface area (Å²) in [5, 5.41) is 0. The van der Waals surface area contributed by atoms with Gasteiger partial charge in [0.2, 0.25) is 0 Å². The molecule has 4 aliphatic rings. The molecule has 39 heavy (non-hydrogen) atoms. The van der Waals surface area contributed by atoms with Crippen LogP contribution in [0.15, 0.2) is 59.2 Å². The Morgan fingerprint density at radius 2 is 1.79 bits per heavy atom. The van der Waals surface area contributed by atoms with Crippen LogP contribution < -0.4 is 4.90 Å². The summed E-state index contributed by atoms with van der Waals surface area (Å²) in [7, 11) is 0. The van der Waals surface area contributed by atoms with E-state index in [0.717, 1.165) is 44.6 Å². The molecule has 3 aliphatic heterocycles. The van der Waals surface area contributed by atoms with Crippen molar-refractivity contribution in [1.82, 2.24) is 9.80 Å². The Balaban J connectivity index is 1.22. The number of allylic oxidation sites excluding steroid dienone is 3. The molecule has 6 nitrogen and oxygen atoms in total. The highest BCUT2D eigenvalue weighted by atomic mass is 19.4. The first-order valence-corrected chi connectivity index (χ1v) is 13.8. The maximum atomic E-state index is 13.8. The van der Waals surface area contributed by atoms with E-state index in [2.05, 4.69) is 30.1 Å². The molecule has 1 amide bonds. The molecular weight excluding hydrogens is 507 g/mol. The van der Waals surface area contributed by atoms with Crippen molar-refractivity contribution in [3.8, 4) is 0 Å². The topological polar surface area (TPSA) is 53.1 Å². The highest BCUT2D eigenvalue weighted by Crippen LogP contribution is 2.42. The number of piperidine rings is 1. The van der Waals surface area contributed by atoms with Crippen molar-refractivity contribution in [2.45, 2.75) is 51.3 Å². The number of alkyl halides is 3. The fourth-order valence-corrected chi connectivity index (χ4v) is 6.25. The quantitative estimate of drug-likeness (QED) is 0.491. The fraction of sp³-hybridized carbons (Fsp3) is 0.533. The zero-order chi connectivity index (χ0) is 27.8. The molecule has 0 bridgehead atoms. The SMILES string of the molecule is CC1=C(C(=O)N2CCN(c3cccc(C(F)(F)F)c3)CC2)C2(CCN(CC(C)C3=CCCC=C3)CC2)OC1=O. The van der Waals surface area contributed by atoms with Gasteiger partial charge in [-0.15, -0.1) is 0 Å². The number of piperazine rings is 1. The van der Waals surface area contributed by atoms with Gasteiger partial charge in [0.15, 0.2) is 0 Å². The molecular formula is C30H36F3N3O3. The second kappa shape index (κ2) is 10.8. The summed E-state index contributed by atoms with van der Waals surface area (Å²) in [4.78, 5) is 32.4. The van der Waals surface area contributed by atoms with E-state index >= 15 is 0 Å². The van der Waals surface area contributed by atoms with Gasteiger partial charge in [0.25, 0.3) is 5.91 Å². The van der Waals surface area contributed by atoms with Gasteiger partial charge in [-0.1, -0.05) is 31.2 Å². The number of halogens is 3. The van der Waals surface area contributed by atoms with Crippen LogP contribution in [0.5, 0.6) is 0 Å². The van der Waals surface area contributed by atoms with Crippen molar-refractivity contribution >= 4 is 17.6 Å². The molecule has 0 N–H and O–H groups in total. The molecule has 2 fully saturated rings. The molecule has 1 aromatic rings. The largest absolute Gasteiger partial charge is 0.450 e. The first kappa shape index (κ1) is 27.5. The van der Waals surface area contributed by atoms with Gasteiger partial charge in [-0.3, -0.25) is 4.79 Å². The van der Waals surface area contributed by atoms with Crippen LogP contribution >= 0.6 is 0 Å². The van der Waals surface area contributed by atoms with Crippen LogP contribution in [0.4, 0.5) is 18.9 Å². The summed E-state index contributed by atoms with van der Waals surface area (Å²) in [6, 6.07) is 5.28. The Morgan fingerprint density at radius 1 is 1.08 bits per heavy atom. The third kappa shape index (κ3) is 5.64. The predicted octanol–water partition coefficient (Wildman–Crippen LogP) is 4.97. The lowest BCUT2D eigenvalue weighted by Gasteiger charge is -2.42. The second-order valence-corrected chi connectivity index (χ2v) is 11.1. The zero-order valence-corrected chi connectivity index (χ0v) is 22.6. The summed E-state index contributed by atoms with van der Waals surface area (Å²) in [5.74, 6) is -0.213. The number of nitrogens with zero attached hydrogens (tertiary/aromatic N) is 3. The number of carbonyl (C=O) groups excluding carboxylic acids is 2. The van der Waals surface area contributed by atoms with Gasteiger partial charge in [-0.05, 0) is 49.5 Å². The van der Waals surface area contributed by atoms with Gasteiger partial charge in [-0.25, -0.2) is 4.79 Å². The lowest BCUT2D eigenvalue weighted by Crippen LogP contribution is -2.53. The first-order valence-electron chi connectivity index (χ1n) is 13.8. The molecule has 2 saturated heterocycles. The number of hydrogen-bond acceptors (Lipinski definition) is 5. The number of benzene rings is 1. The summed E-state index contributed by atoms with van der Waals surface area (Å²) >= 11 is 0. The molecule has 1 aromatic carbocycles. The predicted molar refractivity (Wildman–Crippen MR) is 143 cm³/mol. The highest BCUT2D eigenvalue weighted by molar-refractivity contribution is 6.07. The van der Waals surface area contributed by atoms with Crippen LogP contribution in [0.25, 0.3) is 0 Å². The average molecular weight is 544 g/mol. The zero-order valence-electron chi connectivity index (χ0n) is 22.6. The van der Waals surface area contributed by atoms with Gasteiger partial charge in [0, 0.05) is 69.9 Å². The van der Waals surface area contributed by atoms with Crippen molar-refractivity contribution in [3.63, 3.8) is 0 Å². The number of rotatable bonds is 5. The van der Waals surface area contributed by atoms with Gasteiger partial charge in [0.1, 0.15) is 5.60 Å². The molecule has 1 atom stereocenters. The van der Waals surface area contributed by atoms with E-state index in [4.69, 9.17) is 4.74 Å². The normalized spacial score (nSPS) is 22.8. The van der Waals surface area contributed by atoms with Crippen molar-refractivity contribution in [3.05, 3.63) is 64.8 Å². The van der Waals surface area contributed by atoms with Crippen molar-refractivity contribution in [1.29, 1.82) is 0 Å². The number of carbonyl (C=O) groups is 2. The Morgan fingerprint density at radius 3 is 2.44 bits per heavy atom. The van der Waals surface area contributed by atoms with E-state index in [9.17, 15) is 22.8 Å². The van der Waals surface area contributed by atoms with E-state index in [0.29, 0.717) is 61.8 Å². The molecule has 0 saturated carbocycles. The maximum absolute atomic E-state index is 13.8. The van der Waals surface area contributed by atoms with Crippen molar-refractivity contribution in [2.24, 2.45) is 5.92 Å². The van der Waals surface area contributed by atoms with Crippen LogP contribution in [-0.2, 0) is 20.5 Å². The average Bonchev–Trinajstić information content (AvgIpc) is 3.18. The fourth-order valence-electron chi connectivity index (χ4n) is 6.25. The number of amides is 1. The van der Waals surface area contributed by atoms with E-state index in [1.165, 1.54) is 11.6 Å². The van der Waals surface area contributed by atoms with Crippen LogP contribution in [-0.4, -0.2) is 73.1 Å². The lowest BCUT2D eigenvalue weighted by molar-refractivity contribution is -0.151. The molecule has 210 valence electrons. The Bertz CT molecular complexity index is 1200. The smallest absolute Gasteiger partial charge is 0.416 e. The van der Waals surface area contributed by atoms with Crippen molar-refractivity contribution < 1.29 is 27.5 Å². The van der Waals surface area contributed by atoms with E-state index in [1.54, 1.807) is 17.9 Å². The number of hydrogen-bond donors (Lipinski definition) is 0. The number of esters is 1. The molecule has 0 radical (unpaired) electrons. The standard InChI is InChI=1S/C30H36F3N3O3/c1-21(23-7-4-3-5-8-23)20-34-13-11-29(12-14-34)26(22(2)28(38)39-29)27(37)36-17-15-35(16-18-36)25-10-6-9-24(19-25)30(31,32)33/h4,6-10,19,21H,3,5,11-18,20H2,1-2H3. The molecule has 1 unspecified atom stereocenters. The minimum Gasteiger partial charge on any atom is -0.450 e. The highest BCUT2D eigenvalue weighted by Gasteiger charge is 2.51. The Labute approximate surface area is 227 Å². The number of ether oxygens (including phenoxy) is 1. The minimum atomic E-state index is -4.40. The molecule has 0 aromatic heterocycles. The van der Waals surface area contributed by atoms with Crippen LogP contribution in [0, 0.1) is 5.92 Å². The van der Waals surface area contributed by atoms with Crippen LogP contribution in [0.1, 0.15) is 45.1 Å². The molecule has 1 aliphatic carbocycles. The molecule has 1 spiro atoms. The molecule has 3 heterocycles. The minimum absolute atomic E-state index is 0.193. The van der Waals surface area contributed by atoms with E-state index in [-0.39, 0.29) is 5.91 Å². The van der Waals surface area contributed by atoms with Crippen molar-refractivity contribution in [2.75, 3.05) is 50.7 Å². The number of anilines is 1. The van der Waals surface area contributed by atoms with E-state index in [1.807, 2.05) is 4.90 Å². The molecule has 5 rings (SSSR count). The third-order valence-corrected chi connectivity index (χ3v) is 8.53. The number of likely N-dealkylation sites (tertiary alicyclic amines) is 1. The van der Waals surface area contributed by atoms with Gasteiger partial charge < -0.3 is 19.4 Å². The first-order chi connectivity index (χ1) is 18.6. The maximum Gasteiger partial charge on any atom is 0.416 e. The Hall–Kier alpha value is -3.07.